The van der Waals surface area contributed by atoms with Crippen LogP contribution in [-0.4, -0.2) is 44.7 Å². The molecule has 0 aliphatic carbocycles. The van der Waals surface area contributed by atoms with Gasteiger partial charge in [0.1, 0.15) is 18.4 Å². The van der Waals surface area contributed by atoms with Crippen LogP contribution in [0.4, 0.5) is 5.69 Å². The maximum atomic E-state index is 13.4. The molecule has 0 spiro atoms. The number of rotatable bonds is 10. The summed E-state index contributed by atoms with van der Waals surface area (Å²) in [4.78, 5) is 12.8. The number of hydrogen-bond acceptors (Lipinski definition) is 6. The number of nitrogens with zero attached hydrogens (tertiary/aromatic N) is 2. The van der Waals surface area contributed by atoms with Gasteiger partial charge in [-0.05, 0) is 65.6 Å². The molecule has 1 fully saturated rings. The van der Waals surface area contributed by atoms with Crippen LogP contribution in [0.3, 0.4) is 0 Å². The van der Waals surface area contributed by atoms with Crippen LogP contribution < -0.4 is 14.5 Å². The minimum absolute atomic E-state index is 0.108. The molecule has 1 saturated heterocycles. The molecule has 0 aromatic heterocycles. The van der Waals surface area contributed by atoms with Gasteiger partial charge in [-0.3, -0.25) is 9.10 Å². The Kier molecular flexibility index (Phi) is 8.32. The zero-order valence-electron chi connectivity index (χ0n) is 20.2. The standard InChI is InChI=1S/C27H29N3O4S2/c1-20(2)22-10-12-23(13-11-22)30(36(32,33)26-6-4-3-5-7-26)17-27(31)29-28-16-21-8-14-24(15-9-21)34-25-18-35-19-25/h3-16,20,25H,17-19H2,1-2H3,(H,29,31)/b28-16-. The van der Waals surface area contributed by atoms with Crippen molar-refractivity contribution in [1.29, 1.82) is 0 Å². The number of hydrogen-bond donors (Lipinski definition) is 1. The van der Waals surface area contributed by atoms with Crippen molar-refractivity contribution in [3.63, 3.8) is 0 Å². The lowest BCUT2D eigenvalue weighted by atomic mass is 10.0. The Balaban J connectivity index is 1.46. The number of carbonyl (C=O) groups excluding carboxylic acids is 1. The fraction of sp³-hybridized carbons (Fsp3) is 0.259. The number of benzene rings is 3. The fourth-order valence-corrected chi connectivity index (χ4v) is 5.52. The minimum Gasteiger partial charge on any atom is -0.489 e. The summed E-state index contributed by atoms with van der Waals surface area (Å²) in [5, 5.41) is 4.01. The van der Waals surface area contributed by atoms with Crippen molar-refractivity contribution >= 4 is 39.6 Å². The van der Waals surface area contributed by atoms with Gasteiger partial charge < -0.3 is 4.74 Å². The lowest BCUT2D eigenvalue weighted by molar-refractivity contribution is -0.119. The molecule has 3 aromatic carbocycles. The number of thioether (sulfide) groups is 1. The van der Waals surface area contributed by atoms with Crippen molar-refractivity contribution in [1.82, 2.24) is 5.43 Å². The topological polar surface area (TPSA) is 88.1 Å². The van der Waals surface area contributed by atoms with Gasteiger partial charge in [-0.2, -0.15) is 16.9 Å². The first kappa shape index (κ1) is 25.8. The molecule has 9 heteroatoms. The van der Waals surface area contributed by atoms with Gasteiger partial charge in [0.2, 0.25) is 0 Å². The molecule has 1 heterocycles. The third-order valence-electron chi connectivity index (χ3n) is 5.66. The highest BCUT2D eigenvalue weighted by Gasteiger charge is 2.27. The predicted molar refractivity (Wildman–Crippen MR) is 145 cm³/mol. The highest BCUT2D eigenvalue weighted by molar-refractivity contribution is 8.00. The van der Waals surface area contributed by atoms with Gasteiger partial charge >= 0.3 is 0 Å². The van der Waals surface area contributed by atoms with Crippen molar-refractivity contribution < 1.29 is 17.9 Å². The zero-order chi connectivity index (χ0) is 25.5. The number of nitrogens with one attached hydrogen (secondary N) is 1. The SMILES string of the molecule is CC(C)c1ccc(N(CC(=O)N/N=C\c2ccc(OC3CSC3)cc2)S(=O)(=O)c2ccccc2)cc1. The van der Waals surface area contributed by atoms with Crippen LogP contribution in [-0.2, 0) is 14.8 Å². The van der Waals surface area contributed by atoms with E-state index in [4.69, 9.17) is 4.74 Å². The molecule has 1 amide bonds. The number of anilines is 1. The summed E-state index contributed by atoms with van der Waals surface area (Å²) in [5.74, 6) is 2.56. The van der Waals surface area contributed by atoms with Crippen LogP contribution in [0.15, 0.2) is 88.9 Å². The molecular formula is C27H29N3O4S2. The van der Waals surface area contributed by atoms with Gasteiger partial charge in [-0.1, -0.05) is 44.2 Å². The summed E-state index contributed by atoms with van der Waals surface area (Å²) >= 11 is 1.86. The number of amides is 1. The molecule has 3 aromatic rings. The Morgan fingerprint density at radius 1 is 1.06 bits per heavy atom. The smallest absolute Gasteiger partial charge is 0.264 e. The lowest BCUT2D eigenvalue weighted by Crippen LogP contribution is -2.39. The Labute approximate surface area is 216 Å². The Morgan fingerprint density at radius 3 is 2.31 bits per heavy atom. The average molecular weight is 524 g/mol. The summed E-state index contributed by atoms with van der Waals surface area (Å²) in [6.45, 7) is 3.71. The number of ether oxygens (including phenoxy) is 1. The molecule has 1 aliphatic heterocycles. The summed E-state index contributed by atoms with van der Waals surface area (Å²) < 4.78 is 33.7. The van der Waals surface area contributed by atoms with Gasteiger partial charge in [0.05, 0.1) is 16.8 Å². The van der Waals surface area contributed by atoms with Crippen molar-refractivity contribution in [2.75, 3.05) is 22.4 Å². The van der Waals surface area contributed by atoms with E-state index >= 15 is 0 Å². The first-order valence-corrected chi connectivity index (χ1v) is 14.3. The molecule has 0 radical (unpaired) electrons. The quantitative estimate of drug-likeness (QED) is 0.309. The second-order valence-electron chi connectivity index (χ2n) is 8.71. The molecule has 1 aliphatic rings. The highest BCUT2D eigenvalue weighted by atomic mass is 32.2. The summed E-state index contributed by atoms with van der Waals surface area (Å²) in [6, 6.07) is 22.7. The van der Waals surface area contributed by atoms with Crippen LogP contribution in [0.1, 0.15) is 30.9 Å². The van der Waals surface area contributed by atoms with E-state index in [1.165, 1.54) is 18.3 Å². The Morgan fingerprint density at radius 2 is 1.72 bits per heavy atom. The third kappa shape index (κ3) is 6.47. The maximum absolute atomic E-state index is 13.4. The largest absolute Gasteiger partial charge is 0.489 e. The van der Waals surface area contributed by atoms with Crippen molar-refractivity contribution in [2.24, 2.45) is 5.10 Å². The van der Waals surface area contributed by atoms with Gasteiger partial charge in [0, 0.05) is 11.5 Å². The average Bonchev–Trinajstić information content (AvgIpc) is 2.86. The molecule has 188 valence electrons. The van der Waals surface area contributed by atoms with Crippen LogP contribution >= 0.6 is 11.8 Å². The van der Waals surface area contributed by atoms with E-state index in [2.05, 4.69) is 24.4 Å². The predicted octanol–water partition coefficient (Wildman–Crippen LogP) is 4.65. The first-order chi connectivity index (χ1) is 17.3. The normalized spacial score (nSPS) is 14.0. The molecule has 1 N–H and O–H groups in total. The number of sulfonamides is 1. The molecular weight excluding hydrogens is 494 g/mol. The van der Waals surface area contributed by atoms with Gasteiger partial charge in [0.15, 0.2) is 0 Å². The Bertz CT molecular complexity index is 1290. The van der Waals surface area contributed by atoms with Crippen LogP contribution in [0.2, 0.25) is 0 Å². The second kappa shape index (κ2) is 11.6. The molecule has 4 rings (SSSR count). The third-order valence-corrected chi connectivity index (χ3v) is 8.66. The Hall–Kier alpha value is -3.30. The van der Waals surface area contributed by atoms with E-state index in [0.29, 0.717) is 11.6 Å². The van der Waals surface area contributed by atoms with Gasteiger partial charge in [0.25, 0.3) is 15.9 Å². The molecule has 0 unspecified atom stereocenters. The summed E-state index contributed by atoms with van der Waals surface area (Å²) in [5.41, 5.74) is 4.70. The summed E-state index contributed by atoms with van der Waals surface area (Å²) in [7, 11) is -3.97. The molecule has 36 heavy (non-hydrogen) atoms. The molecule has 0 saturated carbocycles. The minimum atomic E-state index is -3.97. The van der Waals surface area contributed by atoms with Crippen molar-refractivity contribution in [2.45, 2.75) is 30.8 Å². The number of hydrazone groups is 1. The van der Waals surface area contributed by atoms with Crippen LogP contribution in [0, 0.1) is 0 Å². The second-order valence-corrected chi connectivity index (χ2v) is 11.6. The van der Waals surface area contributed by atoms with Gasteiger partial charge in [-0.25, -0.2) is 13.8 Å². The van der Waals surface area contributed by atoms with Crippen LogP contribution in [0.25, 0.3) is 0 Å². The zero-order valence-corrected chi connectivity index (χ0v) is 21.8. The number of carbonyl (C=O) groups is 1. The van der Waals surface area contributed by atoms with Crippen molar-refractivity contribution in [3.8, 4) is 5.75 Å². The molecule has 0 bridgehead atoms. The lowest BCUT2D eigenvalue weighted by Gasteiger charge is -2.25. The van der Waals surface area contributed by atoms with E-state index in [0.717, 1.165) is 32.7 Å². The van der Waals surface area contributed by atoms with E-state index in [1.54, 1.807) is 30.3 Å². The van der Waals surface area contributed by atoms with Crippen LogP contribution in [0.5, 0.6) is 5.75 Å². The highest BCUT2D eigenvalue weighted by Crippen LogP contribution is 2.26. The maximum Gasteiger partial charge on any atom is 0.264 e. The monoisotopic (exact) mass is 523 g/mol. The fourth-order valence-electron chi connectivity index (χ4n) is 3.51. The van der Waals surface area contributed by atoms with Gasteiger partial charge in [-0.15, -0.1) is 0 Å². The molecule has 7 nitrogen and oxygen atoms in total. The van der Waals surface area contributed by atoms with E-state index < -0.39 is 22.5 Å². The van der Waals surface area contributed by atoms with E-state index in [-0.39, 0.29) is 11.0 Å². The first-order valence-electron chi connectivity index (χ1n) is 11.7. The van der Waals surface area contributed by atoms with Crippen molar-refractivity contribution in [3.05, 3.63) is 90.0 Å². The summed E-state index contributed by atoms with van der Waals surface area (Å²) in [6.07, 6.45) is 1.78. The van der Waals surface area contributed by atoms with E-state index in [1.807, 2.05) is 48.2 Å². The molecule has 0 atom stereocenters. The van der Waals surface area contributed by atoms with E-state index in [9.17, 15) is 13.2 Å².